The standard InChI is InChI=1S/C30H36FN3/c1-4-5-6-23-17-25(18-24-10-13-33(3)30(23)24)21(2)9-14-34-15-11-22(12-16-34)29-28-8-7-27(31)19-26(28)20-32-29/h4,7-8,17-19,22H,1-2,5-6,9-16,20H2,3H3. The highest BCUT2D eigenvalue weighted by molar-refractivity contribution is 6.05. The molecule has 0 N–H and O–H groups in total. The number of rotatable bonds is 8. The van der Waals surface area contributed by atoms with Crippen LogP contribution in [0.2, 0.25) is 0 Å². The lowest BCUT2D eigenvalue weighted by Crippen LogP contribution is -2.37. The zero-order valence-corrected chi connectivity index (χ0v) is 20.5. The van der Waals surface area contributed by atoms with Crippen molar-refractivity contribution < 1.29 is 4.39 Å². The summed E-state index contributed by atoms with van der Waals surface area (Å²) in [4.78, 5) is 9.75. The molecule has 1 fully saturated rings. The topological polar surface area (TPSA) is 18.8 Å². The van der Waals surface area contributed by atoms with E-state index in [1.54, 1.807) is 12.1 Å². The van der Waals surface area contributed by atoms with Crippen LogP contribution in [0.5, 0.6) is 0 Å². The van der Waals surface area contributed by atoms with Gasteiger partial charge in [0.15, 0.2) is 0 Å². The van der Waals surface area contributed by atoms with Crippen LogP contribution >= 0.6 is 0 Å². The first kappa shape index (κ1) is 23.0. The van der Waals surface area contributed by atoms with Crippen LogP contribution in [0.25, 0.3) is 5.57 Å². The Morgan fingerprint density at radius 3 is 2.76 bits per heavy atom. The highest BCUT2D eigenvalue weighted by Gasteiger charge is 2.28. The second kappa shape index (κ2) is 9.87. The van der Waals surface area contributed by atoms with Crippen molar-refractivity contribution in [2.45, 2.75) is 45.1 Å². The van der Waals surface area contributed by atoms with Gasteiger partial charge in [-0.1, -0.05) is 12.7 Å². The van der Waals surface area contributed by atoms with E-state index in [1.807, 2.05) is 12.1 Å². The van der Waals surface area contributed by atoms with Crippen LogP contribution in [0.4, 0.5) is 10.1 Å². The number of allylic oxidation sites excluding steroid dienone is 1. The summed E-state index contributed by atoms with van der Waals surface area (Å²) in [5.74, 6) is 0.334. The molecule has 0 saturated carbocycles. The molecule has 2 aromatic rings. The van der Waals surface area contributed by atoms with Crippen LogP contribution < -0.4 is 4.90 Å². The van der Waals surface area contributed by atoms with Crippen molar-refractivity contribution in [1.82, 2.24) is 4.90 Å². The highest BCUT2D eigenvalue weighted by Crippen LogP contribution is 2.35. The van der Waals surface area contributed by atoms with Gasteiger partial charge in [-0.25, -0.2) is 4.39 Å². The quantitative estimate of drug-likeness (QED) is 0.449. The van der Waals surface area contributed by atoms with Gasteiger partial charge in [-0.15, -0.1) is 6.58 Å². The molecule has 178 valence electrons. The molecule has 0 unspecified atom stereocenters. The number of likely N-dealkylation sites (tertiary alicyclic amines) is 1. The highest BCUT2D eigenvalue weighted by atomic mass is 19.1. The molecule has 0 atom stereocenters. The number of hydrogen-bond donors (Lipinski definition) is 0. The molecule has 1 saturated heterocycles. The first-order valence-electron chi connectivity index (χ1n) is 12.7. The Kier molecular flexibility index (Phi) is 6.69. The summed E-state index contributed by atoms with van der Waals surface area (Å²) in [6.07, 6.45) is 8.45. The fraction of sp³-hybridized carbons (Fsp3) is 0.433. The minimum absolute atomic E-state index is 0.159. The minimum Gasteiger partial charge on any atom is -0.374 e. The van der Waals surface area contributed by atoms with Gasteiger partial charge >= 0.3 is 0 Å². The maximum Gasteiger partial charge on any atom is 0.123 e. The summed E-state index contributed by atoms with van der Waals surface area (Å²) in [7, 11) is 2.20. The van der Waals surface area contributed by atoms with E-state index in [2.05, 4.69) is 42.1 Å². The molecular weight excluding hydrogens is 421 g/mol. The van der Waals surface area contributed by atoms with Crippen LogP contribution in [0, 0.1) is 11.7 Å². The van der Waals surface area contributed by atoms with Crippen molar-refractivity contribution in [1.29, 1.82) is 0 Å². The van der Waals surface area contributed by atoms with Gasteiger partial charge in [0.1, 0.15) is 5.82 Å². The third-order valence-electron chi connectivity index (χ3n) is 7.86. The molecule has 5 rings (SSSR count). The molecular formula is C30H36FN3. The van der Waals surface area contributed by atoms with Crippen LogP contribution in [0.3, 0.4) is 0 Å². The summed E-state index contributed by atoms with van der Waals surface area (Å²) in [5.41, 5.74) is 10.3. The van der Waals surface area contributed by atoms with E-state index in [9.17, 15) is 4.39 Å². The van der Waals surface area contributed by atoms with Crippen LogP contribution in [-0.2, 0) is 19.4 Å². The molecule has 0 aliphatic carbocycles. The fourth-order valence-electron chi connectivity index (χ4n) is 5.91. The van der Waals surface area contributed by atoms with Crippen LogP contribution in [0.1, 0.15) is 53.5 Å². The van der Waals surface area contributed by atoms with E-state index in [4.69, 9.17) is 4.99 Å². The average Bonchev–Trinajstić information content (AvgIpc) is 3.44. The van der Waals surface area contributed by atoms with Crippen molar-refractivity contribution in [2.24, 2.45) is 10.9 Å². The number of halogens is 1. The molecule has 0 aromatic heterocycles. The predicted octanol–water partition coefficient (Wildman–Crippen LogP) is 6.05. The number of aryl methyl sites for hydroxylation is 1. The summed E-state index contributed by atoms with van der Waals surface area (Å²) >= 11 is 0. The van der Waals surface area contributed by atoms with E-state index in [0.717, 1.165) is 70.3 Å². The van der Waals surface area contributed by atoms with Gasteiger partial charge in [-0.3, -0.25) is 4.99 Å². The van der Waals surface area contributed by atoms with E-state index >= 15 is 0 Å². The summed E-state index contributed by atoms with van der Waals surface area (Å²) in [5, 5.41) is 0. The van der Waals surface area contributed by atoms with Crippen molar-refractivity contribution >= 4 is 17.0 Å². The van der Waals surface area contributed by atoms with Crippen molar-refractivity contribution in [3.8, 4) is 0 Å². The monoisotopic (exact) mass is 457 g/mol. The van der Waals surface area contributed by atoms with Gasteiger partial charge in [0, 0.05) is 43.0 Å². The van der Waals surface area contributed by atoms with E-state index in [-0.39, 0.29) is 5.82 Å². The second-order valence-electron chi connectivity index (χ2n) is 10.1. The van der Waals surface area contributed by atoms with Crippen LogP contribution in [-0.4, -0.2) is 43.8 Å². The Morgan fingerprint density at radius 2 is 1.97 bits per heavy atom. The van der Waals surface area contributed by atoms with E-state index in [1.165, 1.54) is 39.2 Å². The number of aliphatic imine (C=N–C) groups is 1. The Balaban J connectivity index is 1.17. The zero-order chi connectivity index (χ0) is 23.7. The normalized spacial score (nSPS) is 18.1. The summed E-state index contributed by atoms with van der Waals surface area (Å²) in [6.45, 7) is 13.4. The number of likely N-dealkylation sites (N-methyl/N-ethyl adjacent to an activating group) is 1. The largest absolute Gasteiger partial charge is 0.374 e. The Bertz CT molecular complexity index is 1120. The fourth-order valence-corrected chi connectivity index (χ4v) is 5.91. The summed E-state index contributed by atoms with van der Waals surface area (Å²) in [6, 6.07) is 9.89. The average molecular weight is 458 g/mol. The Labute approximate surface area is 203 Å². The molecule has 3 aliphatic rings. The molecule has 2 aromatic carbocycles. The van der Waals surface area contributed by atoms with Gasteiger partial charge < -0.3 is 9.80 Å². The third kappa shape index (κ3) is 4.61. The smallest absolute Gasteiger partial charge is 0.123 e. The van der Waals surface area contributed by atoms with E-state index < -0.39 is 0 Å². The lowest BCUT2D eigenvalue weighted by molar-refractivity contribution is 0.214. The number of benzene rings is 2. The molecule has 34 heavy (non-hydrogen) atoms. The lowest BCUT2D eigenvalue weighted by atomic mass is 9.87. The first-order chi connectivity index (χ1) is 16.5. The molecule has 3 aliphatic heterocycles. The van der Waals surface area contributed by atoms with Gasteiger partial charge in [0.05, 0.1) is 6.54 Å². The number of nitrogens with zero attached hydrogens (tertiary/aromatic N) is 3. The molecule has 4 heteroatoms. The van der Waals surface area contributed by atoms with Crippen molar-refractivity contribution in [2.75, 3.05) is 38.1 Å². The third-order valence-corrected chi connectivity index (χ3v) is 7.86. The molecule has 0 bridgehead atoms. The number of fused-ring (bicyclic) bond motifs is 2. The van der Waals surface area contributed by atoms with Gasteiger partial charge in [-0.2, -0.15) is 0 Å². The Morgan fingerprint density at radius 1 is 1.15 bits per heavy atom. The summed E-state index contributed by atoms with van der Waals surface area (Å²) < 4.78 is 13.5. The van der Waals surface area contributed by atoms with Crippen molar-refractivity contribution in [3.63, 3.8) is 0 Å². The molecule has 0 amide bonds. The predicted molar refractivity (Wildman–Crippen MR) is 141 cm³/mol. The molecule has 3 nitrogen and oxygen atoms in total. The van der Waals surface area contributed by atoms with Crippen molar-refractivity contribution in [3.05, 3.63) is 83.2 Å². The second-order valence-corrected chi connectivity index (χ2v) is 10.1. The number of anilines is 1. The lowest BCUT2D eigenvalue weighted by Gasteiger charge is -2.32. The number of piperidine rings is 1. The number of hydrogen-bond acceptors (Lipinski definition) is 3. The maximum absolute atomic E-state index is 13.5. The molecule has 3 heterocycles. The maximum atomic E-state index is 13.5. The molecule has 0 spiro atoms. The van der Waals surface area contributed by atoms with E-state index in [0.29, 0.717) is 12.5 Å². The van der Waals surface area contributed by atoms with Crippen LogP contribution in [0.15, 0.2) is 54.6 Å². The molecule has 0 radical (unpaired) electrons. The first-order valence-corrected chi connectivity index (χ1v) is 12.7. The SMILES string of the molecule is C=CCCc1cc(C(=C)CCN2CCC(C3=NCc4cc(F)ccc43)CC2)cc2c1N(C)CC2. The Hall–Kier alpha value is -2.72. The van der Waals surface area contributed by atoms with Gasteiger partial charge in [0.25, 0.3) is 0 Å². The minimum atomic E-state index is -0.159. The van der Waals surface area contributed by atoms with Gasteiger partial charge in [-0.05, 0) is 110 Å². The zero-order valence-electron chi connectivity index (χ0n) is 20.5. The van der Waals surface area contributed by atoms with Gasteiger partial charge in [0.2, 0.25) is 0 Å².